The minimum Gasteiger partial charge on any atom is -0.387 e. The molecule has 0 bridgehead atoms. The lowest BCUT2D eigenvalue weighted by molar-refractivity contribution is -0.870. The van der Waals surface area contributed by atoms with Crippen molar-refractivity contribution < 1.29 is 32.9 Å². The largest absolute Gasteiger partial charge is 0.472 e. The van der Waals surface area contributed by atoms with Crippen LogP contribution in [0.4, 0.5) is 0 Å². The number of hydrogen-bond acceptors (Lipinski definition) is 5. The molecule has 0 aromatic carbocycles. The summed E-state index contributed by atoms with van der Waals surface area (Å²) in [4.78, 5) is 23.3. The van der Waals surface area contributed by atoms with Crippen LogP contribution in [0, 0.1) is 0 Å². The third kappa shape index (κ3) is 50.6. The topological polar surface area (TPSA) is 105 Å². The summed E-state index contributed by atoms with van der Waals surface area (Å²) in [6.07, 6.45) is 62.3. The first kappa shape index (κ1) is 64.7. The zero-order valence-corrected chi connectivity index (χ0v) is 45.3. The van der Waals surface area contributed by atoms with Gasteiger partial charge in [-0.1, -0.05) is 249 Å². The van der Waals surface area contributed by atoms with Gasteiger partial charge in [0.1, 0.15) is 13.2 Å². The highest BCUT2D eigenvalue weighted by Gasteiger charge is 2.27. The summed E-state index contributed by atoms with van der Waals surface area (Å²) in [6.45, 7) is 4.83. The third-order valence-corrected chi connectivity index (χ3v) is 13.8. The van der Waals surface area contributed by atoms with Gasteiger partial charge in [0.25, 0.3) is 0 Å². The second-order valence-electron chi connectivity index (χ2n) is 20.7. The molecule has 3 atom stereocenters. The molecule has 3 N–H and O–H groups in total. The van der Waals surface area contributed by atoms with Crippen molar-refractivity contribution >= 4 is 13.7 Å². The molecule has 390 valence electrons. The van der Waals surface area contributed by atoms with Crippen molar-refractivity contribution in [2.75, 3.05) is 40.9 Å². The standard InChI is InChI=1S/C57H111N2O6P/c1-6-8-10-12-14-16-18-20-22-24-26-28-29-31-32-34-36-38-40-42-44-46-48-50-56(60)55(54-65-66(62,63)64-53-52-59(3,4)5)58-57(61)51-49-47-45-43-41-39-37-35-33-30-27-25-23-21-19-17-15-13-11-9-7-2/h19,21,25,27,48,50,55-56,60H,6-18,20,22-24,26,28-47,49,51-54H2,1-5H3,(H-,58,61,62,63)/p+1/b21-19-,27-25-,50-48+. The molecule has 0 aliphatic heterocycles. The number of phosphoric acid groups is 1. The van der Waals surface area contributed by atoms with Crippen LogP contribution in [0.3, 0.4) is 0 Å². The number of unbranched alkanes of at least 4 members (excludes halogenated alkanes) is 35. The molecule has 0 aliphatic rings. The summed E-state index contributed by atoms with van der Waals surface area (Å²) in [5, 5.41) is 13.9. The maximum absolute atomic E-state index is 13.0. The number of quaternary nitrogens is 1. The van der Waals surface area contributed by atoms with E-state index in [9.17, 15) is 19.4 Å². The van der Waals surface area contributed by atoms with Crippen LogP contribution in [0.25, 0.3) is 0 Å². The zero-order valence-electron chi connectivity index (χ0n) is 44.4. The highest BCUT2D eigenvalue weighted by molar-refractivity contribution is 7.47. The van der Waals surface area contributed by atoms with Gasteiger partial charge in [0.15, 0.2) is 0 Å². The molecule has 0 spiro atoms. The summed E-state index contributed by atoms with van der Waals surface area (Å²) in [6, 6.07) is -0.849. The number of rotatable bonds is 52. The van der Waals surface area contributed by atoms with Crippen molar-refractivity contribution in [3.05, 3.63) is 36.5 Å². The minimum absolute atomic E-state index is 0.0610. The van der Waals surface area contributed by atoms with Crippen LogP contribution in [-0.4, -0.2) is 73.4 Å². The lowest BCUT2D eigenvalue weighted by Gasteiger charge is -2.25. The Balaban J connectivity index is 4.24. The number of aliphatic hydroxyl groups excluding tert-OH is 1. The summed E-state index contributed by atoms with van der Waals surface area (Å²) < 4.78 is 23.7. The molecule has 0 radical (unpaired) electrons. The van der Waals surface area contributed by atoms with E-state index < -0.39 is 20.0 Å². The van der Waals surface area contributed by atoms with Gasteiger partial charge < -0.3 is 19.8 Å². The molecule has 1 amide bonds. The van der Waals surface area contributed by atoms with Crippen molar-refractivity contribution in [3.8, 4) is 0 Å². The quantitative estimate of drug-likeness (QED) is 0.0243. The summed E-state index contributed by atoms with van der Waals surface area (Å²) in [5.41, 5.74) is 0. The van der Waals surface area contributed by atoms with E-state index in [1.54, 1.807) is 6.08 Å². The average molecular weight is 953 g/mol. The zero-order chi connectivity index (χ0) is 48.5. The van der Waals surface area contributed by atoms with Crippen LogP contribution >= 0.6 is 7.82 Å². The van der Waals surface area contributed by atoms with Crippen molar-refractivity contribution in [2.24, 2.45) is 0 Å². The lowest BCUT2D eigenvalue weighted by Crippen LogP contribution is -2.45. The monoisotopic (exact) mass is 952 g/mol. The van der Waals surface area contributed by atoms with E-state index in [4.69, 9.17) is 9.05 Å². The van der Waals surface area contributed by atoms with E-state index in [0.717, 1.165) is 44.9 Å². The number of carbonyl (C=O) groups excluding carboxylic acids is 1. The number of hydrogen-bond donors (Lipinski definition) is 3. The number of allylic oxidation sites excluding steroid dienone is 5. The van der Waals surface area contributed by atoms with Crippen LogP contribution in [0.2, 0.25) is 0 Å². The predicted molar refractivity (Wildman–Crippen MR) is 286 cm³/mol. The van der Waals surface area contributed by atoms with Gasteiger partial charge >= 0.3 is 7.82 Å². The summed E-state index contributed by atoms with van der Waals surface area (Å²) >= 11 is 0. The molecule has 66 heavy (non-hydrogen) atoms. The number of aliphatic hydroxyl groups is 1. The van der Waals surface area contributed by atoms with Gasteiger partial charge in [0.2, 0.25) is 5.91 Å². The second kappa shape index (κ2) is 48.7. The third-order valence-electron chi connectivity index (χ3n) is 12.9. The molecule has 0 saturated carbocycles. The normalized spacial score (nSPS) is 14.2. The van der Waals surface area contributed by atoms with Gasteiger partial charge in [0, 0.05) is 6.42 Å². The minimum atomic E-state index is -4.35. The number of nitrogens with zero attached hydrogens (tertiary/aromatic N) is 1. The molecule has 3 unspecified atom stereocenters. The molecule has 0 fully saturated rings. The number of amides is 1. The molecule has 0 aromatic rings. The van der Waals surface area contributed by atoms with Gasteiger partial charge in [-0.05, 0) is 51.4 Å². The van der Waals surface area contributed by atoms with Crippen LogP contribution in [0.15, 0.2) is 36.5 Å². The average Bonchev–Trinajstić information content (AvgIpc) is 3.28. The van der Waals surface area contributed by atoms with E-state index in [1.165, 1.54) is 205 Å². The van der Waals surface area contributed by atoms with Crippen LogP contribution in [0.5, 0.6) is 0 Å². The fraction of sp³-hybridized carbons (Fsp3) is 0.877. The fourth-order valence-electron chi connectivity index (χ4n) is 8.37. The molecule has 8 nitrogen and oxygen atoms in total. The number of nitrogens with one attached hydrogen (secondary N) is 1. The van der Waals surface area contributed by atoms with E-state index >= 15 is 0 Å². The van der Waals surface area contributed by atoms with Gasteiger partial charge in [-0.25, -0.2) is 4.57 Å². The van der Waals surface area contributed by atoms with Gasteiger partial charge in [-0.3, -0.25) is 13.8 Å². The van der Waals surface area contributed by atoms with E-state index in [-0.39, 0.29) is 19.1 Å². The Hall–Kier alpha value is -1.28. The summed E-state index contributed by atoms with van der Waals surface area (Å²) in [7, 11) is 1.58. The molecular formula is C57H112N2O6P+. The molecule has 0 rings (SSSR count). The Morgan fingerprint density at radius 3 is 1.24 bits per heavy atom. The van der Waals surface area contributed by atoms with Crippen molar-refractivity contribution in [1.82, 2.24) is 5.32 Å². The molecule has 0 aliphatic carbocycles. The highest BCUT2D eigenvalue weighted by Crippen LogP contribution is 2.43. The number of carbonyl (C=O) groups is 1. The summed E-state index contributed by atoms with van der Waals surface area (Å²) in [5.74, 6) is -0.179. The van der Waals surface area contributed by atoms with Crippen LogP contribution in [-0.2, 0) is 18.4 Å². The van der Waals surface area contributed by atoms with E-state index in [1.807, 2.05) is 27.2 Å². The van der Waals surface area contributed by atoms with Gasteiger partial charge in [-0.2, -0.15) is 0 Å². The van der Waals surface area contributed by atoms with Crippen LogP contribution < -0.4 is 5.32 Å². The molecule has 0 aromatic heterocycles. The van der Waals surface area contributed by atoms with Crippen molar-refractivity contribution in [1.29, 1.82) is 0 Å². The first-order valence-electron chi connectivity index (χ1n) is 28.4. The smallest absolute Gasteiger partial charge is 0.387 e. The molecule has 0 heterocycles. The Morgan fingerprint density at radius 2 is 0.864 bits per heavy atom. The maximum atomic E-state index is 13.0. The number of likely N-dealkylation sites (N-methyl/N-ethyl adjacent to an activating group) is 1. The Labute approximate surface area is 410 Å². The molecule has 9 heteroatoms. The Kier molecular flexibility index (Phi) is 47.8. The lowest BCUT2D eigenvalue weighted by atomic mass is 10.0. The van der Waals surface area contributed by atoms with Gasteiger partial charge in [-0.15, -0.1) is 0 Å². The highest BCUT2D eigenvalue weighted by atomic mass is 31.2. The van der Waals surface area contributed by atoms with Crippen molar-refractivity contribution in [3.63, 3.8) is 0 Å². The van der Waals surface area contributed by atoms with E-state index in [2.05, 4.69) is 43.5 Å². The van der Waals surface area contributed by atoms with Crippen molar-refractivity contribution in [2.45, 2.75) is 283 Å². The Morgan fingerprint density at radius 1 is 0.515 bits per heavy atom. The predicted octanol–water partition coefficient (Wildman–Crippen LogP) is 17.0. The van der Waals surface area contributed by atoms with Gasteiger partial charge in [0.05, 0.1) is 39.9 Å². The first-order chi connectivity index (χ1) is 32.0. The fourth-order valence-corrected chi connectivity index (χ4v) is 9.10. The van der Waals surface area contributed by atoms with E-state index in [0.29, 0.717) is 17.4 Å². The van der Waals surface area contributed by atoms with Crippen LogP contribution in [0.1, 0.15) is 271 Å². The molecule has 0 saturated heterocycles. The SMILES string of the molecule is CCCCCCC/C=C\C/C=C\CCCCCCCCCCCC(=O)NC(COP(=O)(O)OCC[N+](C)(C)C)C(O)/C=C/CCCCCCCCCCCCCCCCCCCCCCC. The maximum Gasteiger partial charge on any atom is 0.472 e. The second-order valence-corrected chi connectivity index (χ2v) is 22.1. The molecular weight excluding hydrogens is 840 g/mol. The first-order valence-corrected chi connectivity index (χ1v) is 29.9. The Bertz CT molecular complexity index is 1170. The number of phosphoric ester groups is 1.